The number of aliphatic hydroxyl groups excluding tert-OH is 1. The second kappa shape index (κ2) is 11.0. The molecular formula is C29H37IN4O6+2. The molecule has 11 heteroatoms. The number of carbonyl (C=O) groups excluding carboxylic acids is 2. The lowest BCUT2D eigenvalue weighted by atomic mass is 9.78. The lowest BCUT2D eigenvalue weighted by molar-refractivity contribution is -1.08. The number of nitrogens with zero attached hydrogens (tertiary/aromatic N) is 3. The number of β-lactam (4-membered cyclic amide) rings is 1. The van der Waals surface area contributed by atoms with Crippen LogP contribution in [0.1, 0.15) is 19.4 Å². The molecule has 5 heterocycles. The Morgan fingerprint density at radius 1 is 1.20 bits per heavy atom. The van der Waals surface area contributed by atoms with Crippen molar-refractivity contribution < 1.29 is 38.3 Å². The summed E-state index contributed by atoms with van der Waals surface area (Å²) in [7, 11) is 0. The minimum absolute atomic E-state index is 0.0855. The van der Waals surface area contributed by atoms with Gasteiger partial charge >= 0.3 is 5.97 Å². The predicted molar refractivity (Wildman–Crippen MR) is 154 cm³/mol. The SMILES string of the molecule is CC(O)C1C(=O)N2C(C(=O)O)=C(C#CCOc3ccc(CC[N+]45CC[N+](CC(N)=O)(CC4)CC5)cc3I)[C@H](C)C12. The van der Waals surface area contributed by atoms with E-state index in [1.54, 1.807) is 6.92 Å². The molecule has 6 rings (SSSR count). The maximum Gasteiger partial charge on any atom is 0.353 e. The van der Waals surface area contributed by atoms with Crippen LogP contribution in [0.3, 0.4) is 0 Å². The molecule has 0 saturated carbocycles. The number of fused-ring (bicyclic) bond motifs is 4. The smallest absolute Gasteiger partial charge is 0.353 e. The van der Waals surface area contributed by atoms with Crippen LogP contribution in [0.25, 0.3) is 0 Å². The third-order valence-corrected chi connectivity index (χ3v) is 10.2. The summed E-state index contributed by atoms with van der Waals surface area (Å²) < 4.78 is 8.85. The molecule has 2 bridgehead atoms. The van der Waals surface area contributed by atoms with Crippen molar-refractivity contribution in [1.82, 2.24) is 4.90 Å². The molecule has 4 N–H and O–H groups in total. The number of ether oxygens (including phenoxy) is 1. The number of halogens is 1. The van der Waals surface area contributed by atoms with E-state index in [4.69, 9.17) is 10.5 Å². The lowest BCUT2D eigenvalue weighted by Crippen LogP contribution is -2.76. The first-order valence-corrected chi connectivity index (χ1v) is 14.9. The van der Waals surface area contributed by atoms with Crippen molar-refractivity contribution in [3.8, 4) is 17.6 Å². The molecule has 214 valence electrons. The fraction of sp³-hybridized carbons (Fsp3) is 0.552. The van der Waals surface area contributed by atoms with E-state index in [9.17, 15) is 24.6 Å². The first-order valence-electron chi connectivity index (χ1n) is 13.8. The summed E-state index contributed by atoms with van der Waals surface area (Å²) in [5.74, 6) is 3.95. The van der Waals surface area contributed by atoms with E-state index in [2.05, 4.69) is 46.6 Å². The van der Waals surface area contributed by atoms with Crippen LogP contribution < -0.4 is 10.5 Å². The van der Waals surface area contributed by atoms with Gasteiger partial charge in [-0.1, -0.05) is 24.8 Å². The summed E-state index contributed by atoms with van der Waals surface area (Å²) in [4.78, 5) is 37.2. The van der Waals surface area contributed by atoms with Crippen molar-refractivity contribution in [1.29, 1.82) is 0 Å². The molecule has 0 spiro atoms. The maximum absolute atomic E-state index is 12.5. The van der Waals surface area contributed by atoms with Gasteiger partial charge in [-0.3, -0.25) is 9.59 Å². The van der Waals surface area contributed by atoms with Gasteiger partial charge in [0.1, 0.15) is 57.3 Å². The average molecular weight is 665 g/mol. The number of aliphatic carboxylic acids is 1. The molecular weight excluding hydrogens is 627 g/mol. The number of carbonyl (C=O) groups is 3. The summed E-state index contributed by atoms with van der Waals surface area (Å²) in [6, 6.07) is 5.80. The number of amides is 2. The van der Waals surface area contributed by atoms with E-state index < -0.39 is 18.0 Å². The van der Waals surface area contributed by atoms with Crippen molar-refractivity contribution in [3.63, 3.8) is 0 Å². The van der Waals surface area contributed by atoms with Gasteiger partial charge < -0.3 is 34.5 Å². The van der Waals surface area contributed by atoms with Gasteiger partial charge in [-0.25, -0.2) is 4.79 Å². The van der Waals surface area contributed by atoms with Crippen molar-refractivity contribution in [3.05, 3.63) is 38.6 Å². The average Bonchev–Trinajstić information content (AvgIpc) is 3.14. The van der Waals surface area contributed by atoms with Crippen LogP contribution in [0.4, 0.5) is 0 Å². The quantitative estimate of drug-likeness (QED) is 0.153. The van der Waals surface area contributed by atoms with Crippen molar-refractivity contribution in [2.75, 3.05) is 59.0 Å². The summed E-state index contributed by atoms with van der Waals surface area (Å²) >= 11 is 2.26. The molecule has 1 aromatic carbocycles. The molecule has 5 aliphatic heterocycles. The van der Waals surface area contributed by atoms with Gasteiger partial charge in [0.2, 0.25) is 5.91 Å². The number of quaternary nitrogens is 2. The summed E-state index contributed by atoms with van der Waals surface area (Å²) in [6.45, 7) is 11.4. The molecule has 4 saturated heterocycles. The molecule has 0 aromatic heterocycles. The van der Waals surface area contributed by atoms with Gasteiger partial charge in [0.25, 0.3) is 5.91 Å². The Labute approximate surface area is 248 Å². The van der Waals surface area contributed by atoms with Crippen molar-refractivity contribution in [2.24, 2.45) is 17.6 Å². The highest BCUT2D eigenvalue weighted by Crippen LogP contribution is 2.46. The molecule has 0 radical (unpaired) electrons. The van der Waals surface area contributed by atoms with E-state index in [0.717, 1.165) is 70.5 Å². The van der Waals surface area contributed by atoms with E-state index in [1.165, 1.54) is 10.5 Å². The summed E-state index contributed by atoms with van der Waals surface area (Å²) in [6.07, 6.45) is 0.127. The Kier molecular flexibility index (Phi) is 7.91. The van der Waals surface area contributed by atoms with E-state index in [1.807, 2.05) is 13.0 Å². The molecule has 2 amide bonds. The second-order valence-corrected chi connectivity index (χ2v) is 13.0. The number of benzene rings is 1. The highest BCUT2D eigenvalue weighted by molar-refractivity contribution is 14.1. The van der Waals surface area contributed by atoms with E-state index in [-0.39, 0.29) is 36.1 Å². The zero-order chi connectivity index (χ0) is 28.8. The highest BCUT2D eigenvalue weighted by Gasteiger charge is 2.59. The van der Waals surface area contributed by atoms with Gasteiger partial charge in [-0.05, 0) is 47.2 Å². The van der Waals surface area contributed by atoms with Crippen LogP contribution in [-0.4, -0.2) is 113 Å². The van der Waals surface area contributed by atoms with E-state index in [0.29, 0.717) is 12.1 Å². The molecule has 4 atom stereocenters. The Morgan fingerprint density at radius 2 is 1.85 bits per heavy atom. The Morgan fingerprint density at radius 3 is 2.42 bits per heavy atom. The number of hydrogen-bond donors (Lipinski definition) is 3. The monoisotopic (exact) mass is 664 g/mol. The fourth-order valence-electron chi connectivity index (χ4n) is 7.00. The topological polar surface area (TPSA) is 130 Å². The van der Waals surface area contributed by atoms with Crippen LogP contribution in [0.2, 0.25) is 0 Å². The standard InChI is InChI=1S/C29H35IN4O6/c1-18-21(27(29(38)39)32-26(18)25(19(2)35)28(32)37)4-3-15-40-23-6-5-20(16-22(23)30)7-8-33-9-12-34(13-10-33,14-11-33)17-24(31)36/h5-6,16,18-19,25-26,35H,7-15,17H2,1-2H3,(H-2,31,36,38,39)/p+2/t18-,19?,25?,26?,33?,34?/m0/s1. The van der Waals surface area contributed by atoms with E-state index >= 15 is 0 Å². The number of carboxylic acids is 1. The molecule has 5 aliphatic rings. The normalized spacial score (nSPS) is 31.2. The molecule has 1 aromatic rings. The number of nitrogens with two attached hydrogens (primary N) is 1. The van der Waals surface area contributed by atoms with Gasteiger partial charge in [0.15, 0.2) is 6.54 Å². The van der Waals surface area contributed by atoms with Gasteiger partial charge in [-0.15, -0.1) is 0 Å². The second-order valence-electron chi connectivity index (χ2n) is 11.8. The minimum atomic E-state index is -1.19. The first kappa shape index (κ1) is 28.9. The molecule has 0 aliphatic carbocycles. The first-order chi connectivity index (χ1) is 19.0. The number of carboxylic acid groups (broad SMARTS) is 1. The Hall–Kier alpha value is -2.66. The third-order valence-electron chi connectivity index (χ3n) is 9.41. The van der Waals surface area contributed by atoms with Crippen LogP contribution in [-0.2, 0) is 20.8 Å². The Bertz CT molecular complexity index is 1310. The van der Waals surface area contributed by atoms with Gasteiger partial charge in [0.05, 0.1) is 28.2 Å². The van der Waals surface area contributed by atoms with Crippen LogP contribution in [0, 0.1) is 27.2 Å². The lowest BCUT2D eigenvalue weighted by Gasteiger charge is -2.55. The zero-order valence-electron chi connectivity index (χ0n) is 22.9. The molecule has 4 fully saturated rings. The van der Waals surface area contributed by atoms with Crippen molar-refractivity contribution in [2.45, 2.75) is 32.4 Å². The number of primary amides is 1. The number of hydrogen-bond acceptors (Lipinski definition) is 5. The van der Waals surface area contributed by atoms with Crippen LogP contribution in [0.15, 0.2) is 29.5 Å². The highest BCUT2D eigenvalue weighted by atomic mass is 127. The minimum Gasteiger partial charge on any atom is -0.480 e. The number of piperazine rings is 3. The molecule has 40 heavy (non-hydrogen) atoms. The Balaban J connectivity index is 1.17. The van der Waals surface area contributed by atoms with Crippen LogP contribution in [0.5, 0.6) is 5.75 Å². The largest absolute Gasteiger partial charge is 0.480 e. The molecule has 3 unspecified atom stereocenters. The predicted octanol–water partition coefficient (Wildman–Crippen LogP) is 0.558. The summed E-state index contributed by atoms with van der Waals surface area (Å²) in [5, 5.41) is 19.7. The number of rotatable bonds is 9. The maximum atomic E-state index is 12.5. The van der Waals surface area contributed by atoms with Gasteiger partial charge in [-0.2, -0.15) is 0 Å². The fourth-order valence-corrected chi connectivity index (χ4v) is 7.74. The third kappa shape index (κ3) is 5.22. The van der Waals surface area contributed by atoms with Crippen molar-refractivity contribution >= 4 is 40.4 Å². The zero-order valence-corrected chi connectivity index (χ0v) is 25.1. The van der Waals surface area contributed by atoms with Gasteiger partial charge in [0, 0.05) is 17.9 Å². The number of aliphatic hydroxyl groups is 1. The van der Waals surface area contributed by atoms with Crippen LogP contribution >= 0.6 is 22.6 Å². The summed E-state index contributed by atoms with van der Waals surface area (Å²) in [5.41, 5.74) is 7.06. The molecule has 10 nitrogen and oxygen atoms in total.